The molecule has 0 heterocycles. The van der Waals surface area contributed by atoms with Gasteiger partial charge in [0.2, 0.25) is 0 Å². The predicted molar refractivity (Wildman–Crippen MR) is 222 cm³/mol. The quantitative estimate of drug-likeness (QED) is 0.166. The van der Waals surface area contributed by atoms with Crippen LogP contribution >= 0.6 is 0 Å². The van der Waals surface area contributed by atoms with Crippen LogP contribution in [0.25, 0.3) is 22.3 Å². The average Bonchev–Trinajstić information content (AvgIpc) is 3.79. The van der Waals surface area contributed by atoms with Crippen molar-refractivity contribution in [2.75, 3.05) is 0 Å². The Morgan fingerprint density at radius 2 is 1.26 bits per heavy atom. The van der Waals surface area contributed by atoms with Crippen LogP contribution in [-0.2, 0) is 38.5 Å². The van der Waals surface area contributed by atoms with E-state index in [0.717, 1.165) is 19.3 Å². The van der Waals surface area contributed by atoms with Gasteiger partial charge in [0.05, 0.1) is 0 Å². The van der Waals surface area contributed by atoms with Gasteiger partial charge in [-0.2, -0.15) is 0 Å². The fourth-order valence-corrected chi connectivity index (χ4v) is 20.9. The van der Waals surface area contributed by atoms with E-state index < -0.39 is 21.3 Å². The van der Waals surface area contributed by atoms with Crippen molar-refractivity contribution < 1.29 is 46.1 Å². The van der Waals surface area contributed by atoms with E-state index in [1.807, 2.05) is 3.28 Å². The monoisotopic (exact) mass is 828 g/mol. The number of benzene rings is 4. The second-order valence-electron chi connectivity index (χ2n) is 18.0. The Morgan fingerprint density at radius 3 is 1.78 bits per heavy atom. The summed E-state index contributed by atoms with van der Waals surface area (Å²) in [7, 11) is 0. The normalized spacial score (nSPS) is 18.4. The van der Waals surface area contributed by atoms with Crippen LogP contribution in [0, 0.1) is 11.3 Å². The molecule has 4 aliphatic carbocycles. The summed E-state index contributed by atoms with van der Waals surface area (Å²) in [6, 6.07) is 33.3. The third-order valence-corrected chi connectivity index (χ3v) is 22.1. The first-order valence-electron chi connectivity index (χ1n) is 19.8. The van der Waals surface area contributed by atoms with Gasteiger partial charge in [0, 0.05) is 0 Å². The topological polar surface area (TPSA) is 0 Å². The molecule has 0 radical (unpaired) electrons. The second kappa shape index (κ2) is 14.6. The maximum absolute atomic E-state index is 2.96. The molecule has 0 saturated carbocycles. The largest absolute Gasteiger partial charge is 1.00 e. The van der Waals surface area contributed by atoms with E-state index in [-0.39, 0.29) is 41.1 Å². The van der Waals surface area contributed by atoms with Crippen molar-refractivity contribution >= 4 is 14.4 Å². The van der Waals surface area contributed by atoms with Gasteiger partial charge in [-0.3, -0.25) is 0 Å². The Kier molecular flexibility index (Phi) is 11.0. The molecule has 0 nitrogen and oxygen atoms in total. The van der Waals surface area contributed by atoms with Crippen molar-refractivity contribution in [2.24, 2.45) is 11.3 Å². The van der Waals surface area contributed by atoms with E-state index in [1.54, 1.807) is 28.8 Å². The zero-order chi connectivity index (χ0) is 36.9. The van der Waals surface area contributed by atoms with Crippen LogP contribution in [0.15, 0.2) is 115 Å². The van der Waals surface area contributed by atoms with Gasteiger partial charge in [0.1, 0.15) is 0 Å². The standard InChI is InChI=1S/C25H25.C13H10.C13H21.2ClH.Zr/c1-14-12-24(3,4)22-8-16-7-17-9-23-19(15(2)13-25(23,5)6)11-21(17)20(16)10-18(14)22;1-3-7-12(8-4-1)11-13-9-5-2-6-10-13;1-6-10-8-11(7-2)12(9-10)13(3,4)5;;;/h8-12H,7H2,1-6H3;1-10H;9-10H,6-7H2,1-5H3;2*1H;/q;;;;;+2/p-2. The van der Waals surface area contributed by atoms with Gasteiger partial charge in [-0.1, -0.05) is 0 Å². The van der Waals surface area contributed by atoms with Crippen LogP contribution < -0.4 is 24.8 Å². The van der Waals surface area contributed by atoms with Gasteiger partial charge in [0.15, 0.2) is 0 Å². The van der Waals surface area contributed by atoms with Gasteiger partial charge in [0.25, 0.3) is 0 Å². The van der Waals surface area contributed by atoms with Crippen LogP contribution in [0.1, 0.15) is 134 Å². The van der Waals surface area contributed by atoms with Crippen molar-refractivity contribution in [1.82, 2.24) is 0 Å². The molecule has 4 aromatic rings. The average molecular weight is 831 g/mol. The van der Waals surface area contributed by atoms with Crippen LogP contribution in [-0.4, -0.2) is 3.21 Å². The molecule has 278 valence electrons. The molecular weight excluding hydrogens is 775 g/mol. The Balaban J connectivity index is 0.00000249. The molecule has 8 rings (SSSR count). The van der Waals surface area contributed by atoms with Gasteiger partial charge < -0.3 is 24.8 Å². The summed E-state index contributed by atoms with van der Waals surface area (Å²) in [6.07, 6.45) is 8.44. The summed E-state index contributed by atoms with van der Waals surface area (Å²) in [4.78, 5) is 0. The number of hydrogen-bond donors (Lipinski definition) is 0. The van der Waals surface area contributed by atoms with E-state index in [2.05, 4.69) is 173 Å². The van der Waals surface area contributed by atoms with Crippen molar-refractivity contribution in [3.63, 3.8) is 0 Å². The van der Waals surface area contributed by atoms with Crippen LogP contribution in [0.4, 0.5) is 0 Å². The van der Waals surface area contributed by atoms with E-state index in [1.165, 1.54) is 55.6 Å². The molecule has 0 aromatic heterocycles. The first kappa shape index (κ1) is 40.8. The molecule has 4 aromatic carbocycles. The zero-order valence-electron chi connectivity index (χ0n) is 34.2. The number of allylic oxidation sites excluding steroid dienone is 8. The number of halogens is 2. The molecule has 0 N–H and O–H groups in total. The van der Waals surface area contributed by atoms with Gasteiger partial charge in [-0.15, -0.1) is 0 Å². The molecular formula is C51H56Cl2Zr. The second-order valence-corrected chi connectivity index (χ2v) is 23.7. The van der Waals surface area contributed by atoms with E-state index in [9.17, 15) is 0 Å². The smallest absolute Gasteiger partial charge is 1.00 e. The van der Waals surface area contributed by atoms with Crippen molar-refractivity contribution in [2.45, 2.75) is 106 Å². The van der Waals surface area contributed by atoms with E-state index in [4.69, 9.17) is 0 Å². The molecule has 1 atom stereocenters. The van der Waals surface area contributed by atoms with Crippen LogP contribution in [0.3, 0.4) is 0 Å². The molecule has 1 unspecified atom stereocenters. The molecule has 0 aliphatic heterocycles. The summed E-state index contributed by atoms with van der Waals surface area (Å²) >= 11 is -2.96. The maximum atomic E-state index is 2.70. The molecule has 0 amide bonds. The Bertz CT molecular complexity index is 2280. The minimum absolute atomic E-state index is 0. The third-order valence-electron chi connectivity index (χ3n) is 12.8. The van der Waals surface area contributed by atoms with Crippen molar-refractivity contribution in [1.29, 1.82) is 0 Å². The first-order chi connectivity index (χ1) is 24.7. The van der Waals surface area contributed by atoms with E-state index >= 15 is 0 Å². The van der Waals surface area contributed by atoms with Gasteiger partial charge in [-0.05, 0) is 0 Å². The minimum atomic E-state index is -2.96. The summed E-state index contributed by atoms with van der Waals surface area (Å²) in [5.41, 5.74) is 21.1. The molecule has 0 fully saturated rings. The number of hydrogen-bond acceptors (Lipinski definition) is 0. The van der Waals surface area contributed by atoms with Crippen molar-refractivity contribution in [3.05, 3.63) is 159 Å². The molecule has 4 aliphatic rings. The Labute approximate surface area is 345 Å². The predicted octanol–water partition coefficient (Wildman–Crippen LogP) is 7.55. The fourth-order valence-electron chi connectivity index (χ4n) is 10.5. The maximum Gasteiger partial charge on any atom is -1.00 e. The molecule has 0 saturated heterocycles. The summed E-state index contributed by atoms with van der Waals surface area (Å²) in [6.45, 7) is 26.8. The molecule has 54 heavy (non-hydrogen) atoms. The van der Waals surface area contributed by atoms with Crippen molar-refractivity contribution in [3.8, 4) is 11.1 Å². The van der Waals surface area contributed by atoms with Crippen LogP contribution in [0.2, 0.25) is 0 Å². The fraction of sp³-hybridized carbons (Fsp3) is 0.353. The molecule has 0 spiro atoms. The third kappa shape index (κ3) is 6.34. The Hall–Kier alpha value is -2.83. The van der Waals surface area contributed by atoms with Gasteiger partial charge >= 0.3 is 324 Å². The number of rotatable bonds is 6. The summed E-state index contributed by atoms with van der Waals surface area (Å²) < 4.78 is 5.24. The summed E-state index contributed by atoms with van der Waals surface area (Å²) in [5.74, 6) is 0.486. The van der Waals surface area contributed by atoms with Crippen LogP contribution in [0.5, 0.6) is 0 Å². The SMILES string of the molecule is CCC1=[C]([Zr+2]([C]2=C(C)c3cc4c(cc3C2(C)C)Cc2cc3c(cc2-4)C(C)=CC3(C)C)=[C](c2ccccc2)c2ccccc2)C(CC)C=C1C(C)(C)C.[Cl-].[Cl-]. The molecule has 3 heteroatoms. The molecule has 0 bridgehead atoms. The first-order valence-corrected chi connectivity index (χ1v) is 23.4. The van der Waals surface area contributed by atoms with E-state index in [0.29, 0.717) is 5.92 Å². The zero-order valence-corrected chi connectivity index (χ0v) is 38.2. The van der Waals surface area contributed by atoms with Gasteiger partial charge in [-0.25, -0.2) is 0 Å². The summed E-state index contributed by atoms with van der Waals surface area (Å²) in [5, 5.41) is 0. The number of fused-ring (bicyclic) bond motifs is 5. The minimum Gasteiger partial charge on any atom is -1.00 e. The Morgan fingerprint density at radius 1 is 0.722 bits per heavy atom.